The van der Waals surface area contributed by atoms with Crippen molar-refractivity contribution in [3.63, 3.8) is 0 Å². The monoisotopic (exact) mass is 1800 g/mol. The van der Waals surface area contributed by atoms with Crippen molar-refractivity contribution in [3.05, 3.63) is 522 Å². The van der Waals surface area contributed by atoms with Gasteiger partial charge in [-0.3, -0.25) is 0 Å². The SMILES string of the molecule is c1ccc(-n2c3ccccc3c3cc(-c4c5ccccc5cc5c6ccccc6n(-c6cccc7ccccc67)c45)ccc32)cc1.c1ccc(-n2c3ccccc3c3ccc(-c4c5ccccc5cc5c6ccccc6n(-c6cccc7ccccc67)c45)cc32)cc1.c1ccc2cc(-n3c4ccccc4c4cc(-c5c6ccccc6cc6c7ccccc7n(-c7cccc8ccccc78)c56)ccc43)ccc2c1. The van der Waals surface area contributed by atoms with E-state index >= 15 is 0 Å². The number of nitrogens with zero attached hydrogens (tertiary/aromatic N) is 6. The molecule has 142 heavy (non-hydrogen) atoms. The van der Waals surface area contributed by atoms with Crippen molar-refractivity contribution >= 4 is 206 Å². The fourth-order valence-electron chi connectivity index (χ4n) is 23.9. The first-order chi connectivity index (χ1) is 70.5. The van der Waals surface area contributed by atoms with Crippen molar-refractivity contribution in [1.29, 1.82) is 0 Å². The highest BCUT2D eigenvalue weighted by Gasteiger charge is 2.28. The second-order valence-corrected chi connectivity index (χ2v) is 37.6. The maximum absolute atomic E-state index is 2.51. The first kappa shape index (κ1) is 80.4. The summed E-state index contributed by atoms with van der Waals surface area (Å²) in [5.41, 5.74) is 29.1. The summed E-state index contributed by atoms with van der Waals surface area (Å²) in [6.07, 6.45) is 0. The zero-order valence-corrected chi connectivity index (χ0v) is 77.3. The minimum atomic E-state index is 1.17. The highest BCUT2D eigenvalue weighted by molar-refractivity contribution is 6.27. The van der Waals surface area contributed by atoms with Crippen LogP contribution < -0.4 is 0 Å². The fraction of sp³-hybridized carbons (Fsp3) is 0. The lowest BCUT2D eigenvalue weighted by Gasteiger charge is -2.16. The smallest absolute Gasteiger partial charge is 0.0626 e. The molecule has 0 saturated heterocycles. The van der Waals surface area contributed by atoms with Crippen LogP contribution in [0.3, 0.4) is 0 Å². The Bertz CT molecular complexity index is 10600. The van der Waals surface area contributed by atoms with Crippen LogP contribution in [-0.2, 0) is 0 Å². The number of hydrogen-bond acceptors (Lipinski definition) is 0. The van der Waals surface area contributed by atoms with Crippen molar-refractivity contribution < 1.29 is 0 Å². The summed E-state index contributed by atoms with van der Waals surface area (Å²) in [4.78, 5) is 0. The maximum Gasteiger partial charge on any atom is 0.0626 e. The van der Waals surface area contributed by atoms with Gasteiger partial charge in [0.2, 0.25) is 0 Å². The van der Waals surface area contributed by atoms with E-state index < -0.39 is 0 Å². The standard InChI is InChI=1S/C48H30N2.2C44H28N2/c1-2-14-33-28-36(26-24-31(33)12-1)49-44-21-9-7-19-39(44)41-30-35(25-27-46(41)49)47-38-18-6-4-15-34(38)29-42-40-20-8-10-22-45(40)50(48(42)47)43-23-11-16-32-13-3-5-17-37(32)43;1-2-16-32(17-3-1)45-40-22-10-8-20-35(40)37-28-31(25-26-42(37)45)43-34-19-7-5-14-30(34)27-38-36-21-9-11-23-41(36)46(44(38)43)39-24-12-15-29-13-4-6-18-33(29)39;1-2-16-32(17-3-1)45-40-22-10-8-20-35(40)37-26-25-31(28-42(37)45)43-34-19-7-5-14-30(34)27-38-36-21-9-11-23-41(36)46(44(38)43)39-24-12-15-29-13-4-6-18-33(29)39/h1-30H;2*1-28H. The molecule has 31 aromatic rings. The van der Waals surface area contributed by atoms with Gasteiger partial charge in [-0.1, -0.05) is 382 Å². The Kier molecular flexibility index (Phi) is 18.3. The minimum Gasteiger partial charge on any atom is -0.309 e. The molecule has 0 N–H and O–H groups in total. The van der Waals surface area contributed by atoms with Crippen LogP contribution in [0.1, 0.15) is 0 Å². The predicted octanol–water partition coefficient (Wildman–Crippen LogP) is 36.7. The van der Waals surface area contributed by atoms with E-state index in [0.717, 1.165) is 0 Å². The quantitative estimate of drug-likeness (QED) is 0.138. The molecule has 0 bridgehead atoms. The second kappa shape index (κ2) is 32.4. The number of benzene rings is 25. The molecule has 6 heterocycles. The van der Waals surface area contributed by atoms with Gasteiger partial charge in [0.1, 0.15) is 0 Å². The summed E-state index contributed by atoms with van der Waals surface area (Å²) in [6, 6.07) is 191. The number of rotatable bonds is 9. The number of para-hydroxylation sites is 8. The molecule has 0 spiro atoms. The average Bonchev–Trinajstić information content (AvgIpc) is 1.54. The van der Waals surface area contributed by atoms with Gasteiger partial charge in [-0.05, 0) is 215 Å². The van der Waals surface area contributed by atoms with E-state index in [-0.39, 0.29) is 0 Å². The second-order valence-electron chi connectivity index (χ2n) is 37.6. The van der Waals surface area contributed by atoms with E-state index in [1.807, 2.05) is 0 Å². The van der Waals surface area contributed by atoms with Crippen molar-refractivity contribution in [2.45, 2.75) is 0 Å². The van der Waals surface area contributed by atoms with E-state index in [1.54, 1.807) is 0 Å². The lowest BCUT2D eigenvalue weighted by atomic mass is 9.93. The van der Waals surface area contributed by atoms with Gasteiger partial charge in [0.05, 0.1) is 83.3 Å². The van der Waals surface area contributed by atoms with Gasteiger partial charge in [-0.15, -0.1) is 0 Å². The van der Waals surface area contributed by atoms with Gasteiger partial charge >= 0.3 is 0 Å². The summed E-state index contributed by atoms with van der Waals surface area (Å²) >= 11 is 0. The Morgan fingerprint density at radius 2 is 0.359 bits per heavy atom. The molecule has 0 unspecified atom stereocenters. The summed E-state index contributed by atoms with van der Waals surface area (Å²) in [7, 11) is 0. The Morgan fingerprint density at radius 1 is 0.106 bits per heavy atom. The Balaban J connectivity index is 0.000000102. The van der Waals surface area contributed by atoms with E-state index in [1.165, 1.54) is 274 Å². The van der Waals surface area contributed by atoms with Crippen LogP contribution in [0.4, 0.5) is 0 Å². The molecule has 0 aliphatic heterocycles. The van der Waals surface area contributed by atoms with Gasteiger partial charge in [-0.2, -0.15) is 0 Å². The van der Waals surface area contributed by atoms with Crippen LogP contribution in [0.5, 0.6) is 0 Å². The van der Waals surface area contributed by atoms with E-state index in [4.69, 9.17) is 0 Å². The van der Waals surface area contributed by atoms with Crippen molar-refractivity contribution in [1.82, 2.24) is 27.4 Å². The molecule has 25 aromatic carbocycles. The Hall–Kier alpha value is -18.9. The van der Waals surface area contributed by atoms with Crippen LogP contribution in [0, 0.1) is 0 Å². The maximum atomic E-state index is 2.51. The molecular formula is C136H86N6. The highest BCUT2D eigenvalue weighted by Crippen LogP contribution is 2.51. The van der Waals surface area contributed by atoms with Crippen LogP contribution in [0.15, 0.2) is 522 Å². The highest BCUT2D eigenvalue weighted by atomic mass is 15.0. The van der Waals surface area contributed by atoms with E-state index in [0.29, 0.717) is 0 Å². The van der Waals surface area contributed by atoms with Crippen molar-refractivity contribution in [2.75, 3.05) is 0 Å². The third-order valence-electron chi connectivity index (χ3n) is 30.0. The number of aromatic nitrogens is 6. The number of fused-ring (bicyclic) bond motifs is 25. The average molecular weight is 1800 g/mol. The molecular weight excluding hydrogens is 1720 g/mol. The third-order valence-corrected chi connectivity index (χ3v) is 30.0. The Morgan fingerprint density at radius 3 is 0.739 bits per heavy atom. The van der Waals surface area contributed by atoms with Crippen molar-refractivity contribution in [2.24, 2.45) is 0 Å². The molecule has 31 rings (SSSR count). The van der Waals surface area contributed by atoms with Gasteiger partial charge in [-0.25, -0.2) is 0 Å². The molecule has 0 saturated carbocycles. The molecule has 660 valence electrons. The van der Waals surface area contributed by atoms with Gasteiger partial charge in [0.15, 0.2) is 0 Å². The van der Waals surface area contributed by atoms with Crippen LogP contribution in [-0.4, -0.2) is 27.4 Å². The fourth-order valence-corrected chi connectivity index (χ4v) is 23.9. The topological polar surface area (TPSA) is 29.6 Å². The van der Waals surface area contributed by atoms with E-state index in [9.17, 15) is 0 Å². The molecule has 6 nitrogen and oxygen atoms in total. The van der Waals surface area contributed by atoms with Crippen LogP contribution in [0.25, 0.3) is 274 Å². The van der Waals surface area contributed by atoms with E-state index in [2.05, 4.69) is 549 Å². The zero-order chi connectivity index (χ0) is 93.1. The zero-order valence-electron chi connectivity index (χ0n) is 77.3. The molecule has 0 aliphatic carbocycles. The van der Waals surface area contributed by atoms with Crippen LogP contribution in [0.2, 0.25) is 0 Å². The molecule has 0 fully saturated rings. The van der Waals surface area contributed by atoms with Gasteiger partial charge in [0.25, 0.3) is 0 Å². The first-order valence-corrected chi connectivity index (χ1v) is 49.0. The molecule has 0 aliphatic rings. The van der Waals surface area contributed by atoms with Crippen molar-refractivity contribution in [3.8, 4) is 67.5 Å². The largest absolute Gasteiger partial charge is 0.309 e. The predicted molar refractivity (Wildman–Crippen MR) is 604 cm³/mol. The summed E-state index contributed by atoms with van der Waals surface area (Å²) < 4.78 is 14.7. The van der Waals surface area contributed by atoms with Crippen LogP contribution >= 0.6 is 0 Å². The minimum absolute atomic E-state index is 1.17. The molecule has 0 amide bonds. The lowest BCUT2D eigenvalue weighted by Crippen LogP contribution is -1.98. The molecule has 0 radical (unpaired) electrons. The summed E-state index contributed by atoms with van der Waals surface area (Å²) in [5, 5.41) is 32.6. The molecule has 0 atom stereocenters. The molecule has 6 heteroatoms. The number of hydrogen-bond donors (Lipinski definition) is 0. The lowest BCUT2D eigenvalue weighted by molar-refractivity contribution is 1.18. The summed E-state index contributed by atoms with van der Waals surface area (Å²) in [5.74, 6) is 0. The van der Waals surface area contributed by atoms with Gasteiger partial charge in [0, 0.05) is 115 Å². The molecule has 6 aromatic heterocycles. The summed E-state index contributed by atoms with van der Waals surface area (Å²) in [6.45, 7) is 0. The Labute approximate surface area is 817 Å². The third kappa shape index (κ3) is 12.5. The first-order valence-electron chi connectivity index (χ1n) is 49.0. The normalized spacial score (nSPS) is 11.9. The van der Waals surface area contributed by atoms with Gasteiger partial charge < -0.3 is 27.4 Å².